The molecule has 1 N–H and O–H groups in total. The third-order valence-electron chi connectivity index (χ3n) is 5.23. The first-order valence-electron chi connectivity index (χ1n) is 9.41. The highest BCUT2D eigenvalue weighted by Crippen LogP contribution is 2.25. The van der Waals surface area contributed by atoms with Crippen LogP contribution in [0.5, 0.6) is 0 Å². The maximum absolute atomic E-state index is 12.3. The number of hydrogen-bond donors (Lipinski definition) is 1. The monoisotopic (exact) mass is 357 g/mol. The van der Waals surface area contributed by atoms with Crippen LogP contribution in [-0.2, 0) is 20.7 Å². The maximum atomic E-state index is 12.3. The summed E-state index contributed by atoms with van der Waals surface area (Å²) in [5, 5.41) is 3.91. The molecule has 1 fully saturated rings. The van der Waals surface area contributed by atoms with Crippen LogP contribution in [0.4, 0.5) is 0 Å². The van der Waals surface area contributed by atoms with Gasteiger partial charge in [0.05, 0.1) is 12.7 Å². The van der Waals surface area contributed by atoms with Crippen molar-refractivity contribution in [1.82, 2.24) is 5.32 Å². The van der Waals surface area contributed by atoms with E-state index in [9.17, 15) is 9.59 Å². The number of nitrogens with one attached hydrogen (secondary N) is 1. The fourth-order valence-electron chi connectivity index (χ4n) is 3.49. The summed E-state index contributed by atoms with van der Waals surface area (Å²) in [6.07, 6.45) is 6.43. The average Bonchev–Trinajstić information content (AvgIpc) is 2.97. The molecule has 1 amide bonds. The van der Waals surface area contributed by atoms with Crippen LogP contribution in [0.15, 0.2) is 22.8 Å². The van der Waals surface area contributed by atoms with Gasteiger partial charge in [0.2, 0.25) is 0 Å². The first-order chi connectivity index (χ1) is 12.4. The number of carbonyl (C=O) groups excluding carboxylic acids is 2. The molecule has 0 spiro atoms. The fraction of sp³-hybridized carbons (Fsp3) is 0.524. The summed E-state index contributed by atoms with van der Waals surface area (Å²) >= 11 is 0. The van der Waals surface area contributed by atoms with Crippen molar-refractivity contribution in [2.75, 3.05) is 0 Å². The van der Waals surface area contributed by atoms with E-state index >= 15 is 0 Å². The van der Waals surface area contributed by atoms with Gasteiger partial charge in [-0.2, -0.15) is 0 Å². The van der Waals surface area contributed by atoms with Crippen LogP contribution < -0.4 is 5.32 Å². The van der Waals surface area contributed by atoms with Gasteiger partial charge in [0.25, 0.3) is 5.91 Å². The Kier molecular flexibility index (Phi) is 5.64. The molecule has 0 radical (unpaired) electrons. The van der Waals surface area contributed by atoms with Gasteiger partial charge in [0.15, 0.2) is 6.10 Å². The Labute approximate surface area is 154 Å². The van der Waals surface area contributed by atoms with Gasteiger partial charge >= 0.3 is 5.97 Å². The summed E-state index contributed by atoms with van der Waals surface area (Å²) in [4.78, 5) is 24.5. The number of amides is 1. The molecule has 1 aromatic carbocycles. The van der Waals surface area contributed by atoms with E-state index in [4.69, 9.17) is 9.15 Å². The van der Waals surface area contributed by atoms with Gasteiger partial charge < -0.3 is 14.5 Å². The van der Waals surface area contributed by atoms with Gasteiger partial charge in [-0.1, -0.05) is 19.3 Å². The van der Waals surface area contributed by atoms with E-state index in [0.717, 1.165) is 53.3 Å². The molecule has 1 aliphatic carbocycles. The zero-order chi connectivity index (χ0) is 18.7. The molecule has 1 aliphatic rings. The highest BCUT2D eigenvalue weighted by molar-refractivity contribution is 5.88. The molecule has 140 valence electrons. The second kappa shape index (κ2) is 7.94. The Morgan fingerprint density at radius 3 is 2.62 bits per heavy atom. The normalized spacial score (nSPS) is 16.4. The molecule has 5 heteroatoms. The van der Waals surface area contributed by atoms with Crippen molar-refractivity contribution in [3.8, 4) is 0 Å². The Morgan fingerprint density at radius 1 is 1.19 bits per heavy atom. The zero-order valence-electron chi connectivity index (χ0n) is 15.8. The van der Waals surface area contributed by atoms with E-state index in [-0.39, 0.29) is 18.4 Å². The van der Waals surface area contributed by atoms with Gasteiger partial charge in [0, 0.05) is 17.0 Å². The number of aryl methyl sites for hydroxylation is 2. The average molecular weight is 357 g/mol. The van der Waals surface area contributed by atoms with E-state index < -0.39 is 12.1 Å². The van der Waals surface area contributed by atoms with Gasteiger partial charge in [-0.05, 0) is 56.9 Å². The number of ether oxygens (including phenoxy) is 1. The van der Waals surface area contributed by atoms with E-state index in [0.29, 0.717) is 0 Å². The minimum absolute atomic E-state index is 0.0938. The van der Waals surface area contributed by atoms with E-state index in [1.165, 1.54) is 6.42 Å². The van der Waals surface area contributed by atoms with Crippen molar-refractivity contribution >= 4 is 22.8 Å². The van der Waals surface area contributed by atoms with Crippen LogP contribution in [0.2, 0.25) is 0 Å². The SMILES string of the molecule is Cc1cc2occ(CC(=O)O[C@H](C)C(=O)NC3CCCCC3)c2cc1C. The number of esters is 1. The van der Waals surface area contributed by atoms with Crippen molar-refractivity contribution < 1.29 is 18.7 Å². The van der Waals surface area contributed by atoms with Crippen molar-refractivity contribution in [3.63, 3.8) is 0 Å². The van der Waals surface area contributed by atoms with Crippen LogP contribution >= 0.6 is 0 Å². The summed E-state index contributed by atoms with van der Waals surface area (Å²) in [7, 11) is 0. The lowest BCUT2D eigenvalue weighted by Gasteiger charge is -2.24. The summed E-state index contributed by atoms with van der Waals surface area (Å²) < 4.78 is 10.9. The molecule has 1 heterocycles. The Morgan fingerprint density at radius 2 is 1.88 bits per heavy atom. The minimum atomic E-state index is -0.786. The van der Waals surface area contributed by atoms with Crippen LogP contribution in [0.3, 0.4) is 0 Å². The standard InChI is InChI=1S/C21H27NO4/c1-13-9-18-16(12-25-19(18)10-14(13)2)11-20(23)26-15(3)21(24)22-17-7-5-4-6-8-17/h9-10,12,15,17H,4-8,11H2,1-3H3,(H,22,24)/t15-/m1/s1. The minimum Gasteiger partial charge on any atom is -0.464 e. The molecule has 26 heavy (non-hydrogen) atoms. The first-order valence-corrected chi connectivity index (χ1v) is 9.41. The van der Waals surface area contributed by atoms with Crippen molar-refractivity contribution in [3.05, 3.63) is 35.1 Å². The largest absolute Gasteiger partial charge is 0.464 e. The number of fused-ring (bicyclic) bond motifs is 1. The predicted octanol–water partition coefficient (Wildman–Crippen LogP) is 3.97. The van der Waals surface area contributed by atoms with E-state index in [1.807, 2.05) is 26.0 Å². The molecule has 1 aromatic heterocycles. The summed E-state index contributed by atoms with van der Waals surface area (Å²) in [6, 6.07) is 4.21. The number of rotatable bonds is 5. The van der Waals surface area contributed by atoms with E-state index in [2.05, 4.69) is 5.32 Å². The topological polar surface area (TPSA) is 68.5 Å². The van der Waals surface area contributed by atoms with Gasteiger partial charge in [-0.15, -0.1) is 0 Å². The number of furan rings is 1. The highest BCUT2D eigenvalue weighted by Gasteiger charge is 2.23. The van der Waals surface area contributed by atoms with Crippen molar-refractivity contribution in [2.45, 2.75) is 71.4 Å². The molecule has 0 unspecified atom stereocenters. The molecule has 0 aliphatic heterocycles. The maximum Gasteiger partial charge on any atom is 0.311 e. The smallest absolute Gasteiger partial charge is 0.311 e. The first kappa shape index (κ1) is 18.5. The Bertz CT molecular complexity index is 802. The Balaban J connectivity index is 1.58. The number of benzene rings is 1. The summed E-state index contributed by atoms with van der Waals surface area (Å²) in [6.45, 7) is 5.68. The molecule has 3 rings (SSSR count). The molecular formula is C21H27NO4. The van der Waals surface area contributed by atoms with Gasteiger partial charge in [0.1, 0.15) is 5.58 Å². The van der Waals surface area contributed by atoms with E-state index in [1.54, 1.807) is 13.2 Å². The van der Waals surface area contributed by atoms with Crippen LogP contribution in [0.1, 0.15) is 55.7 Å². The summed E-state index contributed by atoms with van der Waals surface area (Å²) in [5.74, 6) is -0.633. The number of hydrogen-bond acceptors (Lipinski definition) is 4. The van der Waals surface area contributed by atoms with Gasteiger partial charge in [-0.3, -0.25) is 9.59 Å². The number of carbonyl (C=O) groups is 2. The lowest BCUT2D eigenvalue weighted by molar-refractivity contribution is -0.154. The van der Waals surface area contributed by atoms with Crippen molar-refractivity contribution in [2.24, 2.45) is 0 Å². The van der Waals surface area contributed by atoms with Gasteiger partial charge in [-0.25, -0.2) is 0 Å². The van der Waals surface area contributed by atoms with Crippen molar-refractivity contribution in [1.29, 1.82) is 0 Å². The highest BCUT2D eigenvalue weighted by atomic mass is 16.5. The predicted molar refractivity (Wildman–Crippen MR) is 100.0 cm³/mol. The fourth-order valence-corrected chi connectivity index (χ4v) is 3.49. The summed E-state index contributed by atoms with van der Waals surface area (Å²) in [5.41, 5.74) is 3.84. The molecule has 0 bridgehead atoms. The molecule has 2 aromatic rings. The third kappa shape index (κ3) is 4.26. The Hall–Kier alpha value is -2.30. The molecule has 1 saturated carbocycles. The van der Waals surface area contributed by atoms with Crippen LogP contribution in [0.25, 0.3) is 11.0 Å². The molecule has 1 atom stereocenters. The zero-order valence-corrected chi connectivity index (χ0v) is 15.8. The second-order valence-electron chi connectivity index (χ2n) is 7.35. The van der Waals surface area contributed by atoms with Crippen LogP contribution in [-0.4, -0.2) is 24.0 Å². The quantitative estimate of drug-likeness (QED) is 0.822. The molecule has 5 nitrogen and oxygen atoms in total. The lowest BCUT2D eigenvalue weighted by Crippen LogP contribution is -2.42. The molecular weight excluding hydrogens is 330 g/mol. The van der Waals surface area contributed by atoms with Crippen LogP contribution in [0, 0.1) is 13.8 Å². The molecule has 0 saturated heterocycles. The lowest BCUT2D eigenvalue weighted by atomic mass is 9.95. The second-order valence-corrected chi connectivity index (χ2v) is 7.35. The third-order valence-corrected chi connectivity index (χ3v) is 5.23.